The van der Waals surface area contributed by atoms with Crippen molar-refractivity contribution in [2.24, 2.45) is 0 Å². The molecule has 0 bridgehead atoms. The molecule has 2 aliphatic heterocycles. The molecule has 2 heterocycles. The van der Waals surface area contributed by atoms with E-state index in [0.717, 1.165) is 24.6 Å². The van der Waals surface area contributed by atoms with Crippen LogP contribution in [0.1, 0.15) is 18.1 Å². The van der Waals surface area contributed by atoms with Gasteiger partial charge in [0.1, 0.15) is 5.75 Å². The zero-order valence-electron chi connectivity index (χ0n) is 9.29. The summed E-state index contributed by atoms with van der Waals surface area (Å²) in [5.41, 5.74) is 3.80. The van der Waals surface area contributed by atoms with Crippen molar-refractivity contribution in [3.05, 3.63) is 59.4 Å². The highest BCUT2D eigenvalue weighted by molar-refractivity contribution is 5.51. The summed E-state index contributed by atoms with van der Waals surface area (Å²) in [6, 6.07) is 6.21. The Morgan fingerprint density at radius 1 is 1.38 bits per heavy atom. The number of fused-ring (bicyclic) bond motifs is 1. The molecule has 0 amide bonds. The van der Waals surface area contributed by atoms with Crippen LogP contribution < -0.4 is 10.1 Å². The number of dihydropyridines is 1. The lowest BCUT2D eigenvalue weighted by Crippen LogP contribution is -2.26. The van der Waals surface area contributed by atoms with Crippen LogP contribution in [-0.4, -0.2) is 6.54 Å². The fraction of sp³-hybridized carbons (Fsp3) is 0.214. The molecule has 0 aromatic heterocycles. The third kappa shape index (κ3) is 1.42. The van der Waals surface area contributed by atoms with Crippen LogP contribution in [0.4, 0.5) is 0 Å². The lowest BCUT2D eigenvalue weighted by Gasteiger charge is -2.26. The number of benzene rings is 1. The Balaban J connectivity index is 2.05. The van der Waals surface area contributed by atoms with Gasteiger partial charge in [-0.3, -0.25) is 0 Å². The van der Waals surface area contributed by atoms with Gasteiger partial charge in [0.2, 0.25) is 0 Å². The molecule has 1 radical (unpaired) electrons. The monoisotopic (exact) mass is 212 g/mol. The SMILES string of the molecule is C[CH]c1cccc2c1CC1=C(NCC=C1)O2. The van der Waals surface area contributed by atoms with Gasteiger partial charge in [-0.25, -0.2) is 0 Å². The van der Waals surface area contributed by atoms with Crippen LogP contribution >= 0.6 is 0 Å². The molecule has 81 valence electrons. The summed E-state index contributed by atoms with van der Waals surface area (Å²) in [6.45, 7) is 2.92. The fourth-order valence-corrected chi connectivity index (χ4v) is 2.22. The van der Waals surface area contributed by atoms with Gasteiger partial charge in [0.05, 0.1) is 0 Å². The van der Waals surface area contributed by atoms with Crippen LogP contribution in [0.15, 0.2) is 41.8 Å². The zero-order chi connectivity index (χ0) is 11.0. The first-order chi connectivity index (χ1) is 7.88. The Kier molecular flexibility index (Phi) is 2.21. The number of allylic oxidation sites excluding steroid dienone is 2. The van der Waals surface area contributed by atoms with E-state index in [2.05, 4.69) is 36.9 Å². The minimum atomic E-state index is 0.855. The maximum absolute atomic E-state index is 5.88. The van der Waals surface area contributed by atoms with Gasteiger partial charge >= 0.3 is 0 Å². The van der Waals surface area contributed by atoms with E-state index in [1.54, 1.807) is 0 Å². The molecule has 0 unspecified atom stereocenters. The predicted octanol–water partition coefficient (Wildman–Crippen LogP) is 2.56. The van der Waals surface area contributed by atoms with Crippen molar-refractivity contribution in [2.45, 2.75) is 13.3 Å². The van der Waals surface area contributed by atoms with E-state index in [1.165, 1.54) is 16.7 Å². The van der Waals surface area contributed by atoms with Gasteiger partial charge in [0.25, 0.3) is 0 Å². The number of ether oxygens (including phenoxy) is 1. The summed E-state index contributed by atoms with van der Waals surface area (Å²) in [5.74, 6) is 1.90. The van der Waals surface area contributed by atoms with Gasteiger partial charge in [-0.1, -0.05) is 31.2 Å². The van der Waals surface area contributed by atoms with Crippen LogP contribution in [0.3, 0.4) is 0 Å². The molecule has 1 aromatic rings. The largest absolute Gasteiger partial charge is 0.441 e. The first kappa shape index (κ1) is 9.52. The third-order valence-corrected chi connectivity index (χ3v) is 3.05. The maximum Gasteiger partial charge on any atom is 0.197 e. The van der Waals surface area contributed by atoms with Crippen LogP contribution in [0.5, 0.6) is 5.75 Å². The Bertz CT molecular complexity index is 486. The van der Waals surface area contributed by atoms with E-state index < -0.39 is 0 Å². The summed E-state index contributed by atoms with van der Waals surface area (Å²) >= 11 is 0. The third-order valence-electron chi connectivity index (χ3n) is 3.05. The van der Waals surface area contributed by atoms with Gasteiger partial charge in [-0.2, -0.15) is 0 Å². The van der Waals surface area contributed by atoms with E-state index in [0.29, 0.717) is 0 Å². The molecule has 0 fully saturated rings. The minimum absolute atomic E-state index is 0.855. The zero-order valence-corrected chi connectivity index (χ0v) is 9.29. The second-order valence-corrected chi connectivity index (χ2v) is 4.03. The van der Waals surface area contributed by atoms with Crippen molar-refractivity contribution in [3.8, 4) is 5.75 Å². The summed E-state index contributed by atoms with van der Waals surface area (Å²) < 4.78 is 5.88. The molecule has 0 saturated carbocycles. The first-order valence-electron chi connectivity index (χ1n) is 5.61. The summed E-state index contributed by atoms with van der Waals surface area (Å²) in [5, 5.41) is 3.26. The normalized spacial score (nSPS) is 17.3. The maximum atomic E-state index is 5.88. The van der Waals surface area contributed by atoms with E-state index in [1.807, 2.05) is 12.1 Å². The van der Waals surface area contributed by atoms with Crippen molar-refractivity contribution in [3.63, 3.8) is 0 Å². The predicted molar refractivity (Wildman–Crippen MR) is 64.0 cm³/mol. The van der Waals surface area contributed by atoms with Gasteiger partial charge in [-0.15, -0.1) is 0 Å². The second-order valence-electron chi connectivity index (χ2n) is 4.03. The van der Waals surface area contributed by atoms with Crippen LogP contribution in [-0.2, 0) is 6.42 Å². The Labute approximate surface area is 95.6 Å². The topological polar surface area (TPSA) is 21.3 Å². The van der Waals surface area contributed by atoms with Crippen molar-refractivity contribution < 1.29 is 4.74 Å². The highest BCUT2D eigenvalue weighted by Crippen LogP contribution is 2.33. The second kappa shape index (κ2) is 3.71. The molecule has 1 N–H and O–H groups in total. The van der Waals surface area contributed by atoms with Gasteiger partial charge in [0.15, 0.2) is 5.88 Å². The highest BCUT2D eigenvalue weighted by Gasteiger charge is 2.21. The molecular formula is C14H14NO. The molecule has 3 rings (SSSR count). The Morgan fingerprint density at radius 3 is 3.19 bits per heavy atom. The minimum Gasteiger partial charge on any atom is -0.441 e. The van der Waals surface area contributed by atoms with Crippen molar-refractivity contribution in [1.29, 1.82) is 0 Å². The van der Waals surface area contributed by atoms with Gasteiger partial charge in [0, 0.05) is 24.1 Å². The standard InChI is InChI=1S/C14H14NO/c1-2-10-5-3-7-13-12(10)9-11-6-4-8-15-14(11)16-13/h2-7,15H,8-9H2,1H3. The highest BCUT2D eigenvalue weighted by atomic mass is 16.5. The summed E-state index contributed by atoms with van der Waals surface area (Å²) in [7, 11) is 0. The molecule has 0 spiro atoms. The van der Waals surface area contributed by atoms with E-state index in [-0.39, 0.29) is 0 Å². The molecular weight excluding hydrogens is 198 g/mol. The van der Waals surface area contributed by atoms with Gasteiger partial charge in [-0.05, 0) is 18.1 Å². The summed E-state index contributed by atoms with van der Waals surface area (Å²) in [6.07, 6.45) is 7.37. The van der Waals surface area contributed by atoms with Crippen molar-refractivity contribution in [2.75, 3.05) is 6.54 Å². The lowest BCUT2D eigenvalue weighted by atomic mass is 9.95. The van der Waals surface area contributed by atoms with Crippen LogP contribution in [0.2, 0.25) is 0 Å². The number of hydrogen-bond acceptors (Lipinski definition) is 2. The van der Waals surface area contributed by atoms with Crippen LogP contribution in [0, 0.1) is 6.42 Å². The molecule has 0 aliphatic carbocycles. The number of hydrogen-bond donors (Lipinski definition) is 1. The molecule has 1 aromatic carbocycles. The number of nitrogens with one attached hydrogen (secondary N) is 1. The van der Waals surface area contributed by atoms with Crippen molar-refractivity contribution >= 4 is 0 Å². The lowest BCUT2D eigenvalue weighted by molar-refractivity contribution is 0.364. The number of rotatable bonds is 1. The molecule has 2 nitrogen and oxygen atoms in total. The molecule has 16 heavy (non-hydrogen) atoms. The Hall–Kier alpha value is -1.70. The van der Waals surface area contributed by atoms with Gasteiger partial charge < -0.3 is 10.1 Å². The molecule has 0 saturated heterocycles. The van der Waals surface area contributed by atoms with Crippen molar-refractivity contribution in [1.82, 2.24) is 5.32 Å². The average molecular weight is 212 g/mol. The van der Waals surface area contributed by atoms with E-state index in [9.17, 15) is 0 Å². The quantitative estimate of drug-likeness (QED) is 0.772. The van der Waals surface area contributed by atoms with E-state index in [4.69, 9.17) is 4.74 Å². The summed E-state index contributed by atoms with van der Waals surface area (Å²) in [4.78, 5) is 0. The average Bonchev–Trinajstić information content (AvgIpc) is 2.35. The first-order valence-corrected chi connectivity index (χ1v) is 5.61. The van der Waals surface area contributed by atoms with Crippen LogP contribution in [0.25, 0.3) is 0 Å². The smallest absolute Gasteiger partial charge is 0.197 e. The molecule has 2 heteroatoms. The van der Waals surface area contributed by atoms with E-state index >= 15 is 0 Å². The molecule has 0 atom stereocenters. The Morgan fingerprint density at radius 2 is 2.31 bits per heavy atom. The molecule has 2 aliphatic rings. The fourth-order valence-electron chi connectivity index (χ4n) is 2.22.